The fraction of sp³-hybridized carbons (Fsp3) is 0.125. The van der Waals surface area contributed by atoms with Gasteiger partial charge >= 0.3 is 0 Å². The predicted octanol–water partition coefficient (Wildman–Crippen LogP) is 2.87. The van der Waals surface area contributed by atoms with Gasteiger partial charge in [0.1, 0.15) is 5.69 Å². The van der Waals surface area contributed by atoms with E-state index in [0.29, 0.717) is 16.4 Å². The number of carbonyl (C=O) groups is 2. The first-order valence-electron chi connectivity index (χ1n) is 6.85. The first-order valence-corrected chi connectivity index (χ1v) is 7.23. The molecule has 0 aliphatic heterocycles. The number of carbonyl (C=O) groups excluding carboxylic acids is 2. The number of nitrogens with one attached hydrogen (secondary N) is 2. The molecule has 0 spiro atoms. The summed E-state index contributed by atoms with van der Waals surface area (Å²) in [4.78, 5) is 27.6. The van der Waals surface area contributed by atoms with Gasteiger partial charge < -0.3 is 5.32 Å². The van der Waals surface area contributed by atoms with Gasteiger partial charge in [0.2, 0.25) is 5.91 Å². The lowest BCUT2D eigenvalue weighted by Gasteiger charge is -2.07. The number of hydrogen-bond donors (Lipinski definition) is 2. The van der Waals surface area contributed by atoms with Crippen molar-refractivity contribution in [3.63, 3.8) is 0 Å². The van der Waals surface area contributed by atoms with E-state index in [1.165, 1.54) is 6.20 Å². The Morgan fingerprint density at radius 3 is 2.61 bits per heavy atom. The number of rotatable bonds is 5. The smallest absolute Gasteiger partial charge is 0.289 e. The maximum Gasteiger partial charge on any atom is 0.289 e. The average Bonchev–Trinajstić information content (AvgIpc) is 2.55. The molecule has 0 saturated carbocycles. The van der Waals surface area contributed by atoms with Crippen LogP contribution in [0.15, 0.2) is 53.8 Å². The van der Waals surface area contributed by atoms with Crippen LogP contribution in [0.4, 0.5) is 5.69 Å². The molecular weight excluding hydrogens is 316 g/mol. The van der Waals surface area contributed by atoms with Gasteiger partial charge in [0.05, 0.1) is 17.1 Å². The van der Waals surface area contributed by atoms with E-state index in [1.54, 1.807) is 49.4 Å². The second kappa shape index (κ2) is 8.05. The Kier molecular flexibility index (Phi) is 5.82. The Bertz CT molecular complexity index is 732. The largest absolute Gasteiger partial charge is 0.324 e. The lowest BCUT2D eigenvalue weighted by molar-refractivity contribution is -0.115. The molecule has 2 aromatic rings. The van der Waals surface area contributed by atoms with Crippen molar-refractivity contribution < 1.29 is 9.59 Å². The van der Waals surface area contributed by atoms with E-state index in [9.17, 15) is 9.59 Å². The summed E-state index contributed by atoms with van der Waals surface area (Å²) in [6.45, 7) is 1.64. The van der Waals surface area contributed by atoms with Crippen LogP contribution in [-0.4, -0.2) is 22.5 Å². The number of amides is 2. The highest BCUT2D eigenvalue weighted by atomic mass is 35.5. The summed E-state index contributed by atoms with van der Waals surface area (Å²) in [5.41, 5.74) is 3.60. The monoisotopic (exact) mass is 330 g/mol. The summed E-state index contributed by atoms with van der Waals surface area (Å²) in [5, 5.41) is 7.03. The molecule has 0 fully saturated rings. The molecule has 0 aliphatic rings. The SMILES string of the molecule is C/C(CC(=O)Nc1ccccc1Cl)=N/NC(=O)c1ccccn1. The van der Waals surface area contributed by atoms with Gasteiger partial charge in [-0.05, 0) is 31.2 Å². The second-order valence-corrected chi connectivity index (χ2v) is 5.11. The van der Waals surface area contributed by atoms with Crippen molar-refractivity contribution in [3.8, 4) is 0 Å². The molecule has 1 aromatic heterocycles. The standard InChI is InChI=1S/C16H15ClN4O2/c1-11(20-21-16(23)14-8-4-5-9-18-14)10-15(22)19-13-7-3-2-6-12(13)17/h2-9H,10H2,1H3,(H,19,22)(H,21,23)/b20-11-. The molecule has 6 nitrogen and oxygen atoms in total. The summed E-state index contributed by atoms with van der Waals surface area (Å²) in [6, 6.07) is 11.9. The first-order chi connectivity index (χ1) is 11.1. The molecule has 2 N–H and O–H groups in total. The predicted molar refractivity (Wildman–Crippen MR) is 89.5 cm³/mol. The fourth-order valence-electron chi connectivity index (χ4n) is 1.73. The molecule has 0 aliphatic carbocycles. The van der Waals surface area contributed by atoms with Gasteiger partial charge in [-0.25, -0.2) is 5.43 Å². The van der Waals surface area contributed by atoms with Crippen molar-refractivity contribution in [2.75, 3.05) is 5.32 Å². The van der Waals surface area contributed by atoms with Gasteiger partial charge in [-0.1, -0.05) is 29.8 Å². The van der Waals surface area contributed by atoms with E-state index in [0.717, 1.165) is 0 Å². The van der Waals surface area contributed by atoms with Gasteiger partial charge in [0, 0.05) is 11.9 Å². The van der Waals surface area contributed by atoms with Crippen LogP contribution in [0.1, 0.15) is 23.8 Å². The van der Waals surface area contributed by atoms with Gasteiger partial charge in [0.25, 0.3) is 5.91 Å². The summed E-state index contributed by atoms with van der Waals surface area (Å²) < 4.78 is 0. The number of benzene rings is 1. The third-order valence-corrected chi connectivity index (χ3v) is 3.14. The minimum atomic E-state index is -0.434. The highest BCUT2D eigenvalue weighted by Crippen LogP contribution is 2.20. The van der Waals surface area contributed by atoms with Crippen molar-refractivity contribution >= 4 is 34.8 Å². The Hall–Kier alpha value is -2.73. The molecule has 0 saturated heterocycles. The molecule has 0 unspecified atom stereocenters. The Balaban J connectivity index is 1.88. The first kappa shape index (κ1) is 16.6. The van der Waals surface area contributed by atoms with Crippen molar-refractivity contribution in [2.45, 2.75) is 13.3 Å². The number of para-hydroxylation sites is 1. The van der Waals surface area contributed by atoms with Gasteiger partial charge in [0.15, 0.2) is 0 Å². The van der Waals surface area contributed by atoms with E-state index >= 15 is 0 Å². The van der Waals surface area contributed by atoms with E-state index in [-0.39, 0.29) is 18.0 Å². The van der Waals surface area contributed by atoms with E-state index < -0.39 is 5.91 Å². The van der Waals surface area contributed by atoms with Crippen LogP contribution < -0.4 is 10.7 Å². The van der Waals surface area contributed by atoms with Crippen LogP contribution in [0.2, 0.25) is 5.02 Å². The van der Waals surface area contributed by atoms with Gasteiger partial charge in [-0.3, -0.25) is 14.6 Å². The van der Waals surface area contributed by atoms with Gasteiger partial charge in [-0.15, -0.1) is 0 Å². The van der Waals surface area contributed by atoms with E-state index in [1.807, 2.05) is 0 Å². The highest BCUT2D eigenvalue weighted by molar-refractivity contribution is 6.33. The number of hydrazone groups is 1. The summed E-state index contributed by atoms with van der Waals surface area (Å²) >= 11 is 5.97. The lowest BCUT2D eigenvalue weighted by Crippen LogP contribution is -2.22. The molecule has 2 amide bonds. The average molecular weight is 331 g/mol. The van der Waals surface area contributed by atoms with Crippen LogP contribution in [-0.2, 0) is 4.79 Å². The third kappa shape index (κ3) is 5.19. The number of hydrogen-bond acceptors (Lipinski definition) is 4. The molecular formula is C16H15ClN4O2. The minimum absolute atomic E-state index is 0.0354. The van der Waals surface area contributed by atoms with Crippen molar-refractivity contribution in [3.05, 3.63) is 59.4 Å². The van der Waals surface area contributed by atoms with E-state index in [4.69, 9.17) is 11.6 Å². The number of halogens is 1. The van der Waals surface area contributed by atoms with Crippen molar-refractivity contribution in [2.24, 2.45) is 5.10 Å². The van der Waals surface area contributed by atoms with E-state index in [2.05, 4.69) is 20.8 Å². The van der Waals surface area contributed by atoms with Crippen LogP contribution >= 0.6 is 11.6 Å². The Morgan fingerprint density at radius 2 is 1.91 bits per heavy atom. The lowest BCUT2D eigenvalue weighted by atomic mass is 10.2. The molecule has 0 atom stereocenters. The molecule has 23 heavy (non-hydrogen) atoms. The zero-order valence-corrected chi connectivity index (χ0v) is 13.2. The molecule has 2 rings (SSSR count). The zero-order chi connectivity index (χ0) is 16.7. The number of anilines is 1. The summed E-state index contributed by atoms with van der Waals surface area (Å²) in [5.74, 6) is -0.706. The Labute approximate surface area is 138 Å². The molecule has 1 heterocycles. The second-order valence-electron chi connectivity index (χ2n) is 4.71. The quantitative estimate of drug-likeness (QED) is 0.653. The molecule has 1 aromatic carbocycles. The van der Waals surface area contributed by atoms with Crippen molar-refractivity contribution in [1.29, 1.82) is 0 Å². The topological polar surface area (TPSA) is 83.5 Å². The fourth-order valence-corrected chi connectivity index (χ4v) is 1.91. The van der Waals surface area contributed by atoms with Crippen molar-refractivity contribution in [1.82, 2.24) is 10.4 Å². The number of pyridine rings is 1. The maximum absolute atomic E-state index is 11.9. The maximum atomic E-state index is 11.9. The van der Waals surface area contributed by atoms with Crippen LogP contribution in [0.5, 0.6) is 0 Å². The molecule has 0 radical (unpaired) electrons. The normalized spacial score (nSPS) is 11.0. The number of aromatic nitrogens is 1. The van der Waals surface area contributed by atoms with Crippen LogP contribution in [0.25, 0.3) is 0 Å². The number of nitrogens with zero attached hydrogens (tertiary/aromatic N) is 2. The zero-order valence-electron chi connectivity index (χ0n) is 12.4. The molecule has 118 valence electrons. The highest BCUT2D eigenvalue weighted by Gasteiger charge is 2.08. The van der Waals surface area contributed by atoms with Gasteiger partial charge in [-0.2, -0.15) is 5.10 Å². The third-order valence-electron chi connectivity index (χ3n) is 2.81. The van der Waals surface area contributed by atoms with Crippen LogP contribution in [0.3, 0.4) is 0 Å². The summed E-state index contributed by atoms with van der Waals surface area (Å²) in [7, 11) is 0. The van der Waals surface area contributed by atoms with Crippen LogP contribution in [0, 0.1) is 0 Å². The summed E-state index contributed by atoms with van der Waals surface area (Å²) in [6.07, 6.45) is 1.55. The Morgan fingerprint density at radius 1 is 1.17 bits per heavy atom. The minimum Gasteiger partial charge on any atom is -0.324 e. The molecule has 7 heteroatoms. The molecule has 0 bridgehead atoms.